The Morgan fingerprint density at radius 1 is 0.208 bits per heavy atom. The first kappa shape index (κ1) is 99.3. The van der Waals surface area contributed by atoms with E-state index in [1.807, 2.05) is 0 Å². The SMILES string of the molecule is CCCCCCCCCCC[N+](c1nc(N(CCCC)C2CC(C)(C)NC(C)(C)C2)nc(N(CCCC)C2CC(C)(C)NC(C)(C)C2)n1)(c1nc(N(CCCC)C2CC(C)(C)NC(C)(C)C2)nc(N(CCCC)C2CC(C)(C)NC(C)(C)C2)n1)c1nc(N(CCCC)C2CC(C)(C)NC(C)(C)C2)nc(N(CCCC)C2CC(C)(C)NC(C)(C)C2)n1. The fraction of sp³-hybridized carbons (Fsp3) is 0.908. The smallest absolute Gasteiger partial charge is 0.337 e. The van der Waals surface area contributed by atoms with Crippen LogP contribution in [-0.2, 0) is 0 Å². The first-order chi connectivity index (χ1) is 55.9. The summed E-state index contributed by atoms with van der Waals surface area (Å²) >= 11 is 0. The first-order valence-electron chi connectivity index (χ1n) is 49.4. The molecule has 9 rings (SSSR count). The number of unbranched alkanes of at least 4 members (excludes halogenated alkanes) is 14. The number of nitrogens with one attached hydrogen (secondary N) is 6. The van der Waals surface area contributed by atoms with Gasteiger partial charge in [-0.25, -0.2) is 0 Å². The zero-order valence-electron chi connectivity index (χ0n) is 83.4. The zero-order chi connectivity index (χ0) is 88.5. The largest absolute Gasteiger partial charge is 0.351 e. The van der Waals surface area contributed by atoms with Crippen molar-refractivity contribution in [2.24, 2.45) is 0 Å². The summed E-state index contributed by atoms with van der Waals surface area (Å²) in [4.78, 5) is 73.9. The van der Waals surface area contributed by atoms with Gasteiger partial charge in [-0.3, -0.25) is 0 Å². The van der Waals surface area contributed by atoms with Gasteiger partial charge in [-0.2, -0.15) is 15.0 Å². The maximum Gasteiger partial charge on any atom is 0.351 e. The minimum atomic E-state index is -0.184. The predicted molar refractivity (Wildman–Crippen MR) is 512 cm³/mol. The number of hydrogen-bond donors (Lipinski definition) is 6. The molecule has 0 aliphatic carbocycles. The lowest BCUT2D eigenvalue weighted by Gasteiger charge is -2.50. The van der Waals surface area contributed by atoms with Crippen LogP contribution < -0.4 is 65.8 Å². The van der Waals surface area contributed by atoms with Crippen LogP contribution in [0.4, 0.5) is 53.5 Å². The standard InChI is InChI=1S/C98H185N22/c1-32-39-46-47-48-49-50-51-52-59-120(84-102-78(114(53-40-33-2)72-60-87(8,9)108-88(10,11)61-72)99-79(103-84)115(54-41-34-3)73-62-89(12,13)109-90(14,15)63-73,85-104-80(116(55-42-35-4)74-64-91(16,17)110-92(18,19)65-74)100-81(105-85)117(56-43-36-5)75-66-93(20,21)111-94(22,23)67-75)86-106-82(118(57-44-37-6)76-68-95(24,25)112-96(26,27)69-76)101-83(107-86)119(58-45-38-7)77-70-97(28,29)113-98(30,31)71-77/h72-77,108-113H,32-71H2,1-31H3/q+1. The average molecular weight is 1670 g/mol. The van der Waals surface area contributed by atoms with Crippen molar-refractivity contribution in [3.8, 4) is 0 Å². The van der Waals surface area contributed by atoms with E-state index < -0.39 is 0 Å². The van der Waals surface area contributed by atoms with Crippen molar-refractivity contribution in [3.05, 3.63) is 0 Å². The van der Waals surface area contributed by atoms with Gasteiger partial charge >= 0.3 is 17.8 Å². The van der Waals surface area contributed by atoms with Crippen LogP contribution in [0.1, 0.15) is 427 Å². The molecule has 0 spiro atoms. The summed E-state index contributed by atoms with van der Waals surface area (Å²) < 4.78 is -0.176. The van der Waals surface area contributed by atoms with Gasteiger partial charge in [-0.15, -0.1) is 34.4 Å². The molecule has 0 radical (unpaired) electrons. The van der Waals surface area contributed by atoms with E-state index in [0.29, 0.717) is 24.4 Å². The summed E-state index contributed by atoms with van der Waals surface area (Å²) in [5.74, 6) is 6.03. The van der Waals surface area contributed by atoms with Crippen molar-refractivity contribution in [1.29, 1.82) is 0 Å². The monoisotopic (exact) mass is 1670 g/mol. The molecule has 686 valence electrons. The number of aromatic nitrogens is 9. The van der Waals surface area contributed by atoms with Gasteiger partial charge in [0.15, 0.2) is 0 Å². The van der Waals surface area contributed by atoms with E-state index in [1.54, 1.807) is 0 Å². The normalized spacial score (nSPS) is 22.7. The van der Waals surface area contributed by atoms with Crippen molar-refractivity contribution in [3.63, 3.8) is 0 Å². The van der Waals surface area contributed by atoms with Crippen LogP contribution in [0, 0.1) is 0 Å². The molecule has 6 fully saturated rings. The van der Waals surface area contributed by atoms with Crippen molar-refractivity contribution < 1.29 is 0 Å². The topological polar surface area (TPSA) is 208 Å². The molecule has 6 N–H and O–H groups in total. The quantitative estimate of drug-likeness (QED) is 0.0230. The Morgan fingerprint density at radius 3 is 0.500 bits per heavy atom. The Morgan fingerprint density at radius 2 is 0.350 bits per heavy atom. The van der Waals surface area contributed by atoms with E-state index in [0.717, 1.165) is 248 Å². The number of quaternary nitrogens is 1. The predicted octanol–water partition coefficient (Wildman–Crippen LogP) is 21.2. The molecule has 6 aliphatic heterocycles. The summed E-state index contributed by atoms with van der Waals surface area (Å²) in [5, 5.41) is 24.8. The average Bonchev–Trinajstić information content (AvgIpc) is 0.720. The Hall–Kier alpha value is -4.45. The lowest BCUT2D eigenvalue weighted by Crippen LogP contribution is -2.63. The minimum Gasteiger partial charge on any atom is -0.337 e. The van der Waals surface area contributed by atoms with Crippen LogP contribution in [-0.4, -0.2) is 193 Å². The van der Waals surface area contributed by atoms with Gasteiger partial charge in [0, 0.05) is 142 Å². The van der Waals surface area contributed by atoms with E-state index >= 15 is 0 Å². The highest BCUT2D eigenvalue weighted by Crippen LogP contribution is 2.48. The van der Waals surface area contributed by atoms with Crippen molar-refractivity contribution in [2.45, 2.75) is 529 Å². The van der Waals surface area contributed by atoms with Gasteiger partial charge in [0.2, 0.25) is 35.7 Å². The number of nitrogens with zero attached hydrogens (tertiary/aromatic N) is 16. The van der Waals surface area contributed by atoms with Gasteiger partial charge in [-0.05, 0) is 295 Å². The molecule has 0 amide bonds. The maximum atomic E-state index is 6.54. The molecular weight excluding hydrogens is 1490 g/mol. The molecule has 22 nitrogen and oxygen atoms in total. The third-order valence-corrected chi connectivity index (χ3v) is 27.1. The first-order valence-corrected chi connectivity index (χ1v) is 49.4. The Labute approximate surface area is 735 Å². The Balaban J connectivity index is 1.59. The summed E-state index contributed by atoms with van der Waals surface area (Å²) in [7, 11) is 0. The minimum absolute atomic E-state index is 0.0872. The third-order valence-electron chi connectivity index (χ3n) is 27.1. The number of rotatable bonds is 43. The third kappa shape index (κ3) is 27.3. The summed E-state index contributed by atoms with van der Waals surface area (Å²) in [6, 6.07) is 0.523. The molecular formula is C98H185N22+. The molecule has 6 saturated heterocycles. The van der Waals surface area contributed by atoms with Crippen LogP contribution in [0.3, 0.4) is 0 Å². The molecule has 22 heteroatoms. The molecule has 0 atom stereocenters. The fourth-order valence-electron chi connectivity index (χ4n) is 24.1. The van der Waals surface area contributed by atoms with Gasteiger partial charge in [-0.1, -0.05) is 132 Å². The lowest BCUT2D eigenvalue weighted by atomic mass is 9.79. The second-order valence-corrected chi connectivity index (χ2v) is 47.1. The molecule has 0 bridgehead atoms. The molecule has 9 heterocycles. The molecule has 3 aromatic rings. The van der Waals surface area contributed by atoms with Crippen LogP contribution in [0.25, 0.3) is 0 Å². The second kappa shape index (κ2) is 40.3. The summed E-state index contributed by atoms with van der Waals surface area (Å²) in [5.41, 5.74) is -2.21. The van der Waals surface area contributed by atoms with Crippen LogP contribution >= 0.6 is 0 Å². The fourth-order valence-corrected chi connectivity index (χ4v) is 24.1. The van der Waals surface area contributed by atoms with Crippen LogP contribution in [0.5, 0.6) is 0 Å². The maximum absolute atomic E-state index is 6.54. The number of hydrogen-bond acceptors (Lipinski definition) is 21. The van der Waals surface area contributed by atoms with E-state index in [2.05, 4.69) is 276 Å². The highest BCUT2D eigenvalue weighted by Gasteiger charge is 2.54. The zero-order valence-corrected chi connectivity index (χ0v) is 83.4. The molecule has 0 aromatic carbocycles. The lowest BCUT2D eigenvalue weighted by molar-refractivity contribution is 0.156. The molecule has 0 saturated carbocycles. The molecule has 6 aliphatic rings. The summed E-state index contributed by atoms with van der Waals surface area (Å²) in [6.07, 6.45) is 33.3. The molecule has 120 heavy (non-hydrogen) atoms. The van der Waals surface area contributed by atoms with Gasteiger partial charge in [0.05, 0.1) is 0 Å². The highest BCUT2D eigenvalue weighted by molar-refractivity contribution is 5.64. The van der Waals surface area contributed by atoms with E-state index in [-0.39, 0.29) is 107 Å². The van der Waals surface area contributed by atoms with E-state index in [4.69, 9.17) is 44.9 Å². The highest BCUT2D eigenvalue weighted by atomic mass is 15.6. The van der Waals surface area contributed by atoms with Crippen LogP contribution in [0.15, 0.2) is 0 Å². The van der Waals surface area contributed by atoms with Crippen molar-refractivity contribution in [1.82, 2.24) is 81.2 Å². The van der Waals surface area contributed by atoms with Gasteiger partial charge in [0.1, 0.15) is 6.54 Å². The Kier molecular flexibility index (Phi) is 33.3. The molecule has 3 aromatic heterocycles. The van der Waals surface area contributed by atoms with Crippen molar-refractivity contribution in [2.75, 3.05) is 75.2 Å². The number of piperidine rings is 6. The van der Waals surface area contributed by atoms with Crippen LogP contribution in [0.2, 0.25) is 0 Å². The van der Waals surface area contributed by atoms with Crippen molar-refractivity contribution >= 4 is 53.5 Å². The number of anilines is 6. The van der Waals surface area contributed by atoms with Gasteiger partial charge < -0.3 is 61.3 Å². The van der Waals surface area contributed by atoms with Gasteiger partial charge in [0.25, 0.3) is 0 Å². The Bertz CT molecular complexity index is 3010. The second-order valence-electron chi connectivity index (χ2n) is 47.1. The van der Waals surface area contributed by atoms with E-state index in [1.165, 1.54) is 38.5 Å². The molecule has 0 unspecified atom stereocenters. The summed E-state index contributed by atoms with van der Waals surface area (Å²) in [6.45, 7) is 79.4. The van der Waals surface area contributed by atoms with E-state index in [9.17, 15) is 0 Å².